The van der Waals surface area contributed by atoms with Crippen LogP contribution in [0.25, 0.3) is 0 Å². The second-order valence-corrected chi connectivity index (χ2v) is 5.00. The van der Waals surface area contributed by atoms with Crippen LogP contribution >= 0.6 is 11.6 Å². The maximum atomic E-state index is 11.8. The van der Waals surface area contributed by atoms with Crippen LogP contribution in [0, 0.1) is 11.3 Å². The number of morpholine rings is 1. The molecule has 0 bridgehead atoms. The van der Waals surface area contributed by atoms with Gasteiger partial charge in [0.25, 0.3) is 0 Å². The fourth-order valence-electron chi connectivity index (χ4n) is 2.20. The molecule has 1 saturated heterocycles. The van der Waals surface area contributed by atoms with Gasteiger partial charge in [0.1, 0.15) is 6.04 Å². The monoisotopic (exact) mass is 293 g/mol. The lowest BCUT2D eigenvalue weighted by molar-refractivity contribution is -0.132. The molecule has 0 saturated carbocycles. The highest BCUT2D eigenvalue weighted by atomic mass is 35.5. The number of nitriles is 1. The topological polar surface area (TPSA) is 65.4 Å². The minimum atomic E-state index is -0.305. The van der Waals surface area contributed by atoms with E-state index < -0.39 is 0 Å². The number of benzene rings is 1. The van der Waals surface area contributed by atoms with Crippen LogP contribution in [-0.4, -0.2) is 43.7 Å². The largest absolute Gasteiger partial charge is 0.378 e. The average Bonchev–Trinajstić information content (AvgIpc) is 2.49. The summed E-state index contributed by atoms with van der Waals surface area (Å²) in [6.07, 6.45) is 0. The number of amides is 1. The molecule has 0 aromatic heterocycles. The molecule has 2 rings (SSSR count). The summed E-state index contributed by atoms with van der Waals surface area (Å²) in [5, 5.41) is 12.0. The van der Waals surface area contributed by atoms with Gasteiger partial charge in [0.05, 0.1) is 24.8 Å². The number of likely N-dealkylation sites (N-methyl/N-ethyl adjacent to an activating group) is 1. The summed E-state index contributed by atoms with van der Waals surface area (Å²) in [5.74, 6) is -0.0607. The summed E-state index contributed by atoms with van der Waals surface area (Å²) in [5.41, 5.74) is 1.44. The van der Waals surface area contributed by atoms with Crippen molar-refractivity contribution in [2.45, 2.75) is 12.6 Å². The van der Waals surface area contributed by atoms with E-state index in [-0.39, 0.29) is 11.9 Å². The van der Waals surface area contributed by atoms with E-state index in [1.807, 2.05) is 11.0 Å². The van der Waals surface area contributed by atoms with Crippen molar-refractivity contribution in [1.29, 1.82) is 5.26 Å². The first-order chi connectivity index (χ1) is 9.65. The van der Waals surface area contributed by atoms with Crippen LogP contribution in [0.15, 0.2) is 18.2 Å². The molecule has 1 atom stereocenters. The predicted octanol–water partition coefficient (Wildman–Crippen LogP) is 1.16. The van der Waals surface area contributed by atoms with Gasteiger partial charge < -0.3 is 10.1 Å². The molecule has 0 aliphatic carbocycles. The highest BCUT2D eigenvalue weighted by molar-refractivity contribution is 6.31. The Morgan fingerprint density at radius 1 is 1.65 bits per heavy atom. The minimum Gasteiger partial charge on any atom is -0.378 e. The second kappa shape index (κ2) is 6.71. The van der Waals surface area contributed by atoms with Gasteiger partial charge in [-0.15, -0.1) is 0 Å². The lowest BCUT2D eigenvalue weighted by atomic mass is 10.1. The highest BCUT2D eigenvalue weighted by Crippen LogP contribution is 2.21. The Kier molecular flexibility index (Phi) is 4.96. The van der Waals surface area contributed by atoms with Crippen molar-refractivity contribution in [2.75, 3.05) is 26.8 Å². The molecule has 1 aromatic rings. The van der Waals surface area contributed by atoms with Crippen molar-refractivity contribution < 1.29 is 9.53 Å². The molecule has 1 unspecified atom stereocenters. The third-order valence-corrected chi connectivity index (χ3v) is 3.70. The maximum Gasteiger partial charge on any atom is 0.239 e. The van der Waals surface area contributed by atoms with Gasteiger partial charge in [-0.25, -0.2) is 0 Å². The van der Waals surface area contributed by atoms with E-state index in [2.05, 4.69) is 11.4 Å². The van der Waals surface area contributed by atoms with Crippen molar-refractivity contribution in [3.63, 3.8) is 0 Å². The molecule has 0 spiro atoms. The molecule has 1 aliphatic rings. The van der Waals surface area contributed by atoms with Gasteiger partial charge >= 0.3 is 0 Å². The lowest BCUT2D eigenvalue weighted by Crippen LogP contribution is -2.52. The molecule has 0 radical (unpaired) electrons. The Balaban J connectivity index is 2.15. The number of carbonyl (C=O) groups is 1. The molecule has 106 valence electrons. The van der Waals surface area contributed by atoms with Crippen LogP contribution in [0.4, 0.5) is 0 Å². The van der Waals surface area contributed by atoms with Crippen molar-refractivity contribution in [1.82, 2.24) is 10.2 Å². The fourth-order valence-corrected chi connectivity index (χ4v) is 2.44. The van der Waals surface area contributed by atoms with Gasteiger partial charge in [-0.05, 0) is 17.7 Å². The molecular weight excluding hydrogens is 278 g/mol. The van der Waals surface area contributed by atoms with Crippen LogP contribution in [0.5, 0.6) is 0 Å². The first kappa shape index (κ1) is 14.8. The molecule has 1 aliphatic heterocycles. The normalized spacial score (nSPS) is 19.4. The molecule has 1 amide bonds. The number of halogens is 1. The first-order valence-corrected chi connectivity index (χ1v) is 6.75. The summed E-state index contributed by atoms with van der Waals surface area (Å²) in [4.78, 5) is 13.9. The summed E-state index contributed by atoms with van der Waals surface area (Å²) in [7, 11) is 1.61. The van der Waals surface area contributed by atoms with Crippen LogP contribution in [0.3, 0.4) is 0 Å². The lowest BCUT2D eigenvalue weighted by Gasteiger charge is -2.34. The van der Waals surface area contributed by atoms with E-state index >= 15 is 0 Å². The Labute approximate surface area is 123 Å². The van der Waals surface area contributed by atoms with Crippen LogP contribution in [-0.2, 0) is 16.1 Å². The zero-order chi connectivity index (χ0) is 14.5. The molecule has 6 heteroatoms. The van der Waals surface area contributed by atoms with E-state index in [0.29, 0.717) is 36.9 Å². The standard InChI is InChI=1S/C14H16ClN3O2/c1-17-14(19)13-9-20-5-4-18(13)8-11-3-2-10(7-16)6-12(11)15/h2-3,6,13H,4-5,8-9H2,1H3,(H,17,19). The van der Waals surface area contributed by atoms with E-state index in [1.54, 1.807) is 19.2 Å². The Morgan fingerprint density at radius 3 is 3.10 bits per heavy atom. The predicted molar refractivity (Wildman–Crippen MR) is 75.3 cm³/mol. The smallest absolute Gasteiger partial charge is 0.239 e. The number of carbonyl (C=O) groups excluding carboxylic acids is 1. The third kappa shape index (κ3) is 3.28. The van der Waals surface area contributed by atoms with E-state index in [9.17, 15) is 4.79 Å². The second-order valence-electron chi connectivity index (χ2n) is 4.59. The summed E-state index contributed by atoms with van der Waals surface area (Å²) in [6, 6.07) is 6.96. The Morgan fingerprint density at radius 2 is 2.45 bits per heavy atom. The maximum absolute atomic E-state index is 11.8. The van der Waals surface area contributed by atoms with Gasteiger partial charge in [0.2, 0.25) is 5.91 Å². The Bertz CT molecular complexity index is 542. The van der Waals surface area contributed by atoms with E-state index in [1.165, 1.54) is 0 Å². The molecule has 1 N–H and O–H groups in total. The average molecular weight is 294 g/mol. The molecule has 20 heavy (non-hydrogen) atoms. The van der Waals surface area contributed by atoms with Crippen molar-refractivity contribution in [2.24, 2.45) is 0 Å². The minimum absolute atomic E-state index is 0.0607. The quantitative estimate of drug-likeness (QED) is 0.908. The molecular formula is C14H16ClN3O2. The number of rotatable bonds is 3. The van der Waals surface area contributed by atoms with Gasteiger partial charge in [-0.1, -0.05) is 17.7 Å². The van der Waals surface area contributed by atoms with Crippen LogP contribution in [0.1, 0.15) is 11.1 Å². The van der Waals surface area contributed by atoms with Gasteiger partial charge in [0.15, 0.2) is 0 Å². The SMILES string of the molecule is CNC(=O)C1COCCN1Cc1ccc(C#N)cc1Cl. The molecule has 5 nitrogen and oxygen atoms in total. The first-order valence-electron chi connectivity index (χ1n) is 6.37. The Hall–Kier alpha value is -1.61. The zero-order valence-electron chi connectivity index (χ0n) is 11.2. The molecule has 1 heterocycles. The number of hydrogen-bond acceptors (Lipinski definition) is 4. The summed E-state index contributed by atoms with van der Waals surface area (Å²) < 4.78 is 5.36. The summed E-state index contributed by atoms with van der Waals surface area (Å²) >= 11 is 6.18. The van der Waals surface area contributed by atoms with Crippen molar-refractivity contribution in [3.8, 4) is 6.07 Å². The molecule has 1 fully saturated rings. The third-order valence-electron chi connectivity index (χ3n) is 3.34. The van der Waals surface area contributed by atoms with E-state index in [0.717, 1.165) is 5.56 Å². The van der Waals surface area contributed by atoms with Gasteiger partial charge in [-0.3, -0.25) is 9.69 Å². The number of nitrogens with zero attached hydrogens (tertiary/aromatic N) is 2. The number of hydrogen-bond donors (Lipinski definition) is 1. The number of nitrogens with one attached hydrogen (secondary N) is 1. The van der Waals surface area contributed by atoms with Crippen molar-refractivity contribution >= 4 is 17.5 Å². The van der Waals surface area contributed by atoms with Crippen LogP contribution < -0.4 is 5.32 Å². The highest BCUT2D eigenvalue weighted by Gasteiger charge is 2.29. The van der Waals surface area contributed by atoms with Crippen molar-refractivity contribution in [3.05, 3.63) is 34.3 Å². The summed E-state index contributed by atoms with van der Waals surface area (Å²) in [6.45, 7) is 2.22. The van der Waals surface area contributed by atoms with Crippen LogP contribution in [0.2, 0.25) is 5.02 Å². The number of ether oxygens (including phenoxy) is 1. The molecule has 1 aromatic carbocycles. The van der Waals surface area contributed by atoms with Gasteiger partial charge in [0, 0.05) is 25.2 Å². The fraction of sp³-hybridized carbons (Fsp3) is 0.429. The van der Waals surface area contributed by atoms with E-state index in [4.69, 9.17) is 21.6 Å². The van der Waals surface area contributed by atoms with Gasteiger partial charge in [-0.2, -0.15) is 5.26 Å². The zero-order valence-corrected chi connectivity index (χ0v) is 12.0.